The topological polar surface area (TPSA) is 35.5 Å². The number of hydrogen-bond acceptors (Lipinski definition) is 3. The van der Waals surface area contributed by atoms with Crippen LogP contribution in [0.5, 0.6) is 11.5 Å². The van der Waals surface area contributed by atoms with Gasteiger partial charge in [-0.3, -0.25) is 4.79 Å². The van der Waals surface area contributed by atoms with E-state index in [2.05, 4.69) is 6.92 Å². The number of ketones is 1. The van der Waals surface area contributed by atoms with Crippen molar-refractivity contribution < 1.29 is 14.3 Å². The van der Waals surface area contributed by atoms with Crippen molar-refractivity contribution in [2.24, 2.45) is 0 Å². The van der Waals surface area contributed by atoms with Crippen LogP contribution in [0.3, 0.4) is 0 Å². The maximum absolute atomic E-state index is 12.1. The number of benzene rings is 1. The van der Waals surface area contributed by atoms with Crippen LogP contribution in [0.15, 0.2) is 18.2 Å². The average molecular weight is 290 g/mol. The van der Waals surface area contributed by atoms with Gasteiger partial charge in [-0.25, -0.2) is 0 Å². The second-order valence-electron chi connectivity index (χ2n) is 6.38. The summed E-state index contributed by atoms with van der Waals surface area (Å²) in [6.45, 7) is 6.82. The number of carbonyl (C=O) groups excluding carboxylic acids is 1. The summed E-state index contributed by atoms with van der Waals surface area (Å²) in [5.74, 6) is 1.59. The molecule has 3 heteroatoms. The van der Waals surface area contributed by atoms with Crippen molar-refractivity contribution >= 4 is 5.78 Å². The lowest BCUT2D eigenvalue weighted by Crippen LogP contribution is -2.35. The van der Waals surface area contributed by atoms with Crippen molar-refractivity contribution in [3.05, 3.63) is 23.8 Å². The molecule has 116 valence electrons. The van der Waals surface area contributed by atoms with Gasteiger partial charge in [0.25, 0.3) is 0 Å². The van der Waals surface area contributed by atoms with E-state index in [-0.39, 0.29) is 5.78 Å². The molecule has 0 N–H and O–H groups in total. The Labute approximate surface area is 127 Å². The highest BCUT2D eigenvalue weighted by Gasteiger charge is 2.32. The van der Waals surface area contributed by atoms with Gasteiger partial charge < -0.3 is 9.47 Å². The van der Waals surface area contributed by atoms with Crippen molar-refractivity contribution in [2.75, 3.05) is 6.61 Å². The molecule has 0 radical (unpaired) electrons. The molecule has 21 heavy (non-hydrogen) atoms. The fourth-order valence-electron chi connectivity index (χ4n) is 2.62. The SMILES string of the molecule is CCCCCCCOc1ccc2c(c1)OC(C)(C)CC2=O. The molecular formula is C18H26O3. The van der Waals surface area contributed by atoms with Crippen LogP contribution in [-0.2, 0) is 0 Å². The van der Waals surface area contributed by atoms with Crippen molar-refractivity contribution in [3.8, 4) is 11.5 Å². The van der Waals surface area contributed by atoms with Gasteiger partial charge in [0.1, 0.15) is 17.1 Å². The highest BCUT2D eigenvalue weighted by molar-refractivity contribution is 6.00. The molecule has 0 aromatic heterocycles. The number of carbonyl (C=O) groups is 1. The summed E-state index contributed by atoms with van der Waals surface area (Å²) >= 11 is 0. The maximum Gasteiger partial charge on any atom is 0.170 e. The number of rotatable bonds is 7. The van der Waals surface area contributed by atoms with Crippen LogP contribution in [0.4, 0.5) is 0 Å². The van der Waals surface area contributed by atoms with Crippen molar-refractivity contribution in [3.63, 3.8) is 0 Å². The molecule has 3 nitrogen and oxygen atoms in total. The van der Waals surface area contributed by atoms with E-state index in [0.717, 1.165) is 18.8 Å². The zero-order chi connectivity index (χ0) is 15.3. The quantitative estimate of drug-likeness (QED) is 0.678. The third-order valence-corrected chi connectivity index (χ3v) is 3.74. The molecule has 0 aliphatic carbocycles. The van der Waals surface area contributed by atoms with E-state index in [4.69, 9.17) is 9.47 Å². The molecular weight excluding hydrogens is 264 g/mol. The number of unbranched alkanes of at least 4 members (excludes halogenated alkanes) is 4. The Balaban J connectivity index is 1.90. The van der Waals surface area contributed by atoms with Gasteiger partial charge in [0.2, 0.25) is 0 Å². The van der Waals surface area contributed by atoms with E-state index in [1.165, 1.54) is 25.7 Å². The average Bonchev–Trinajstić information content (AvgIpc) is 2.41. The highest BCUT2D eigenvalue weighted by Crippen LogP contribution is 2.35. The molecule has 0 atom stereocenters. The smallest absolute Gasteiger partial charge is 0.170 e. The Morgan fingerprint density at radius 1 is 1.19 bits per heavy atom. The summed E-state index contributed by atoms with van der Waals surface area (Å²) in [5, 5.41) is 0. The van der Waals surface area contributed by atoms with Gasteiger partial charge in [-0.15, -0.1) is 0 Å². The lowest BCUT2D eigenvalue weighted by atomic mass is 9.93. The van der Waals surface area contributed by atoms with Crippen LogP contribution in [-0.4, -0.2) is 18.0 Å². The Bertz CT molecular complexity index is 491. The number of hydrogen-bond donors (Lipinski definition) is 0. The molecule has 1 aromatic carbocycles. The fourth-order valence-corrected chi connectivity index (χ4v) is 2.62. The molecule has 0 fully saturated rings. The van der Waals surface area contributed by atoms with E-state index < -0.39 is 5.60 Å². The fraction of sp³-hybridized carbons (Fsp3) is 0.611. The molecule has 0 saturated carbocycles. The predicted molar refractivity (Wildman–Crippen MR) is 84.4 cm³/mol. The van der Waals surface area contributed by atoms with Gasteiger partial charge in [0, 0.05) is 6.07 Å². The maximum atomic E-state index is 12.1. The third kappa shape index (κ3) is 4.48. The van der Waals surface area contributed by atoms with E-state index in [0.29, 0.717) is 17.7 Å². The molecule has 1 heterocycles. The largest absolute Gasteiger partial charge is 0.493 e. The molecule has 0 amide bonds. The van der Waals surface area contributed by atoms with Crippen LogP contribution >= 0.6 is 0 Å². The zero-order valence-corrected chi connectivity index (χ0v) is 13.4. The second-order valence-corrected chi connectivity index (χ2v) is 6.38. The summed E-state index contributed by atoms with van der Waals surface area (Å²) in [5.41, 5.74) is 0.243. The van der Waals surface area contributed by atoms with Gasteiger partial charge in [-0.1, -0.05) is 32.6 Å². The predicted octanol–water partition coefficient (Wildman–Crippen LogP) is 4.78. The monoisotopic (exact) mass is 290 g/mol. The minimum absolute atomic E-state index is 0.146. The number of ether oxygens (including phenoxy) is 2. The standard InChI is InChI=1S/C18H26O3/c1-4-5-6-7-8-11-20-14-9-10-15-16(19)13-18(2,3)21-17(15)12-14/h9-10,12H,4-8,11,13H2,1-3H3. The number of Topliss-reactive ketones (excluding diaryl/α,β-unsaturated/α-hetero) is 1. The summed E-state index contributed by atoms with van der Waals surface area (Å²) in [6.07, 6.45) is 6.54. The first-order valence-electron chi connectivity index (χ1n) is 8.01. The van der Waals surface area contributed by atoms with Crippen molar-refractivity contribution in [1.29, 1.82) is 0 Å². The van der Waals surface area contributed by atoms with E-state index >= 15 is 0 Å². The Hall–Kier alpha value is -1.51. The van der Waals surface area contributed by atoms with Crippen LogP contribution in [0, 0.1) is 0 Å². The first-order valence-corrected chi connectivity index (χ1v) is 8.01. The summed E-state index contributed by atoms with van der Waals surface area (Å²) in [7, 11) is 0. The van der Waals surface area contributed by atoms with Gasteiger partial charge in [0.05, 0.1) is 18.6 Å². The molecule has 0 saturated heterocycles. The van der Waals surface area contributed by atoms with Gasteiger partial charge >= 0.3 is 0 Å². The lowest BCUT2D eigenvalue weighted by molar-refractivity contribution is 0.0618. The minimum atomic E-state index is -0.428. The molecule has 1 aliphatic heterocycles. The highest BCUT2D eigenvalue weighted by atomic mass is 16.5. The Kier molecular flexibility index (Phi) is 5.27. The van der Waals surface area contributed by atoms with Crippen LogP contribution in [0.1, 0.15) is 69.7 Å². The van der Waals surface area contributed by atoms with Gasteiger partial charge in [-0.2, -0.15) is 0 Å². The second kappa shape index (κ2) is 6.97. The summed E-state index contributed by atoms with van der Waals surface area (Å²) in [4.78, 5) is 12.1. The molecule has 0 unspecified atom stereocenters. The summed E-state index contributed by atoms with van der Waals surface area (Å²) in [6, 6.07) is 5.53. The summed E-state index contributed by atoms with van der Waals surface area (Å²) < 4.78 is 11.7. The Morgan fingerprint density at radius 3 is 2.71 bits per heavy atom. The first-order chi connectivity index (χ1) is 10.0. The van der Waals surface area contributed by atoms with Crippen LogP contribution in [0.2, 0.25) is 0 Å². The molecule has 0 spiro atoms. The van der Waals surface area contributed by atoms with Crippen molar-refractivity contribution in [1.82, 2.24) is 0 Å². The van der Waals surface area contributed by atoms with Gasteiger partial charge in [0.15, 0.2) is 5.78 Å². The number of fused-ring (bicyclic) bond motifs is 1. The lowest BCUT2D eigenvalue weighted by Gasteiger charge is -2.31. The molecule has 1 aromatic rings. The molecule has 1 aliphatic rings. The minimum Gasteiger partial charge on any atom is -0.493 e. The Morgan fingerprint density at radius 2 is 1.95 bits per heavy atom. The van der Waals surface area contributed by atoms with E-state index in [9.17, 15) is 4.79 Å². The van der Waals surface area contributed by atoms with Crippen LogP contribution in [0.25, 0.3) is 0 Å². The van der Waals surface area contributed by atoms with Crippen molar-refractivity contribution in [2.45, 2.75) is 64.9 Å². The molecule has 2 rings (SSSR count). The van der Waals surface area contributed by atoms with E-state index in [1.807, 2.05) is 32.0 Å². The normalized spacial score (nSPS) is 16.2. The first kappa shape index (κ1) is 15.9. The van der Waals surface area contributed by atoms with E-state index in [1.54, 1.807) is 0 Å². The van der Waals surface area contributed by atoms with Gasteiger partial charge in [-0.05, 0) is 32.4 Å². The molecule has 0 bridgehead atoms. The van der Waals surface area contributed by atoms with Crippen LogP contribution < -0.4 is 9.47 Å². The zero-order valence-electron chi connectivity index (χ0n) is 13.4. The third-order valence-electron chi connectivity index (χ3n) is 3.74.